The summed E-state index contributed by atoms with van der Waals surface area (Å²) in [6.45, 7) is 3.59. The number of fused-ring (bicyclic) bond motifs is 3. The molecule has 1 atom stereocenters. The lowest BCUT2D eigenvalue weighted by Crippen LogP contribution is -2.59. The summed E-state index contributed by atoms with van der Waals surface area (Å²) < 4.78 is 0. The summed E-state index contributed by atoms with van der Waals surface area (Å²) in [7, 11) is 0. The number of urea groups is 1. The summed E-state index contributed by atoms with van der Waals surface area (Å²) in [6, 6.07) is 0.444. The third-order valence-electron chi connectivity index (χ3n) is 4.78. The lowest BCUT2D eigenvalue weighted by molar-refractivity contribution is -0.137. The van der Waals surface area contributed by atoms with Crippen molar-refractivity contribution < 1.29 is 14.7 Å². The van der Waals surface area contributed by atoms with Crippen molar-refractivity contribution in [3.05, 3.63) is 0 Å². The molecule has 2 amide bonds. The van der Waals surface area contributed by atoms with Crippen LogP contribution in [0.4, 0.5) is 4.79 Å². The molecule has 1 aliphatic carbocycles. The SMILES string of the molecule is O=C(O)CCN(C(=O)NC1CN2CCC1CC2)C1CC1. The molecule has 0 aromatic rings. The zero-order valence-electron chi connectivity index (χ0n) is 11.8. The van der Waals surface area contributed by atoms with Crippen LogP contribution in [0, 0.1) is 5.92 Å². The summed E-state index contributed by atoms with van der Waals surface area (Å²) >= 11 is 0. The van der Waals surface area contributed by atoms with E-state index in [2.05, 4.69) is 10.2 Å². The van der Waals surface area contributed by atoms with E-state index in [1.165, 1.54) is 12.8 Å². The summed E-state index contributed by atoms with van der Waals surface area (Å²) in [5.74, 6) is -0.240. The second kappa shape index (κ2) is 5.60. The van der Waals surface area contributed by atoms with Gasteiger partial charge in [-0.25, -0.2) is 4.79 Å². The Morgan fingerprint density at radius 1 is 1.20 bits per heavy atom. The van der Waals surface area contributed by atoms with E-state index in [9.17, 15) is 9.59 Å². The molecule has 6 heteroatoms. The minimum atomic E-state index is -0.841. The second-order valence-corrected chi connectivity index (χ2v) is 6.26. The van der Waals surface area contributed by atoms with E-state index in [0.29, 0.717) is 12.5 Å². The number of hydrogen-bond donors (Lipinski definition) is 2. The number of piperidine rings is 3. The lowest BCUT2D eigenvalue weighted by Gasteiger charge is -2.45. The molecule has 3 heterocycles. The van der Waals surface area contributed by atoms with Gasteiger partial charge in [0.1, 0.15) is 0 Å². The van der Waals surface area contributed by atoms with Gasteiger partial charge < -0.3 is 20.2 Å². The van der Waals surface area contributed by atoms with E-state index in [4.69, 9.17) is 5.11 Å². The van der Waals surface area contributed by atoms with E-state index in [1.807, 2.05) is 0 Å². The zero-order valence-corrected chi connectivity index (χ0v) is 11.8. The van der Waals surface area contributed by atoms with Crippen LogP contribution in [-0.2, 0) is 4.79 Å². The predicted octanol–water partition coefficient (Wildman–Crippen LogP) is 0.729. The van der Waals surface area contributed by atoms with Crippen molar-refractivity contribution in [3.63, 3.8) is 0 Å². The molecule has 20 heavy (non-hydrogen) atoms. The largest absolute Gasteiger partial charge is 0.481 e. The molecule has 0 spiro atoms. The van der Waals surface area contributed by atoms with Crippen LogP contribution >= 0.6 is 0 Å². The van der Waals surface area contributed by atoms with E-state index in [1.54, 1.807) is 4.90 Å². The highest BCUT2D eigenvalue weighted by molar-refractivity contribution is 5.76. The molecule has 112 valence electrons. The van der Waals surface area contributed by atoms with Crippen LogP contribution in [0.15, 0.2) is 0 Å². The number of carbonyl (C=O) groups is 2. The normalized spacial score (nSPS) is 31.9. The van der Waals surface area contributed by atoms with Gasteiger partial charge in [-0.15, -0.1) is 0 Å². The van der Waals surface area contributed by atoms with Gasteiger partial charge in [-0.3, -0.25) is 4.79 Å². The van der Waals surface area contributed by atoms with Crippen LogP contribution in [0.2, 0.25) is 0 Å². The zero-order chi connectivity index (χ0) is 14.1. The molecule has 2 bridgehead atoms. The van der Waals surface area contributed by atoms with Crippen molar-refractivity contribution in [3.8, 4) is 0 Å². The highest BCUT2D eigenvalue weighted by Crippen LogP contribution is 2.29. The van der Waals surface area contributed by atoms with E-state index >= 15 is 0 Å². The maximum absolute atomic E-state index is 12.4. The molecule has 1 saturated carbocycles. The average Bonchev–Trinajstić information content (AvgIpc) is 3.24. The number of amides is 2. The Morgan fingerprint density at radius 3 is 2.40 bits per heavy atom. The van der Waals surface area contributed by atoms with Crippen molar-refractivity contribution in [2.75, 3.05) is 26.2 Å². The topological polar surface area (TPSA) is 72.9 Å². The fourth-order valence-corrected chi connectivity index (χ4v) is 3.42. The summed E-state index contributed by atoms with van der Waals surface area (Å²) in [4.78, 5) is 27.2. The van der Waals surface area contributed by atoms with E-state index in [0.717, 1.165) is 32.5 Å². The first-order chi connectivity index (χ1) is 9.63. The van der Waals surface area contributed by atoms with Gasteiger partial charge in [0.05, 0.1) is 6.42 Å². The summed E-state index contributed by atoms with van der Waals surface area (Å²) in [6.07, 6.45) is 4.39. The minimum Gasteiger partial charge on any atom is -0.481 e. The van der Waals surface area contributed by atoms with Gasteiger partial charge in [0.25, 0.3) is 0 Å². The summed E-state index contributed by atoms with van der Waals surface area (Å²) in [5, 5.41) is 11.9. The van der Waals surface area contributed by atoms with Crippen LogP contribution in [0.1, 0.15) is 32.1 Å². The minimum absolute atomic E-state index is 0.0319. The highest BCUT2D eigenvalue weighted by atomic mass is 16.4. The average molecular weight is 281 g/mol. The standard InChI is InChI=1S/C14H23N3O3/c18-13(19)5-8-17(11-1-2-11)14(20)15-12-9-16-6-3-10(12)4-7-16/h10-12H,1-9H2,(H,15,20)(H,18,19). The molecule has 0 aromatic carbocycles. The van der Waals surface area contributed by atoms with Gasteiger partial charge in [-0.1, -0.05) is 0 Å². The second-order valence-electron chi connectivity index (χ2n) is 6.26. The third kappa shape index (κ3) is 3.06. The third-order valence-corrected chi connectivity index (χ3v) is 4.78. The van der Waals surface area contributed by atoms with Gasteiger partial charge >= 0.3 is 12.0 Å². The van der Waals surface area contributed by atoms with E-state index < -0.39 is 5.97 Å². The molecule has 0 aromatic heterocycles. The summed E-state index contributed by atoms with van der Waals surface area (Å²) in [5.41, 5.74) is 0. The Bertz CT molecular complexity index is 389. The number of carboxylic acids is 1. The molecule has 1 unspecified atom stereocenters. The molecule has 3 aliphatic heterocycles. The van der Waals surface area contributed by atoms with Gasteiger partial charge in [-0.05, 0) is 44.7 Å². The Kier molecular flexibility index (Phi) is 3.83. The number of nitrogens with zero attached hydrogens (tertiary/aromatic N) is 2. The Morgan fingerprint density at radius 2 is 1.90 bits per heavy atom. The Hall–Kier alpha value is -1.30. The quantitative estimate of drug-likeness (QED) is 0.779. The molecular weight excluding hydrogens is 258 g/mol. The molecule has 6 nitrogen and oxygen atoms in total. The van der Waals surface area contributed by atoms with Crippen LogP contribution in [0.25, 0.3) is 0 Å². The monoisotopic (exact) mass is 281 g/mol. The van der Waals surface area contributed by atoms with Crippen molar-refractivity contribution in [2.24, 2.45) is 5.92 Å². The fourth-order valence-electron chi connectivity index (χ4n) is 3.42. The Balaban J connectivity index is 1.55. The Labute approximate surface area is 119 Å². The van der Waals surface area contributed by atoms with Crippen molar-refractivity contribution in [1.82, 2.24) is 15.1 Å². The van der Waals surface area contributed by atoms with Crippen LogP contribution in [0.5, 0.6) is 0 Å². The lowest BCUT2D eigenvalue weighted by atomic mass is 9.84. The van der Waals surface area contributed by atoms with Gasteiger partial charge in [0.2, 0.25) is 0 Å². The molecule has 2 N–H and O–H groups in total. The number of hydrogen-bond acceptors (Lipinski definition) is 3. The van der Waals surface area contributed by atoms with Crippen LogP contribution in [-0.4, -0.2) is 65.2 Å². The first kappa shape index (κ1) is 13.7. The van der Waals surface area contributed by atoms with Crippen molar-refractivity contribution >= 4 is 12.0 Å². The van der Waals surface area contributed by atoms with Crippen LogP contribution < -0.4 is 5.32 Å². The van der Waals surface area contributed by atoms with Crippen molar-refractivity contribution in [1.29, 1.82) is 0 Å². The molecule has 3 saturated heterocycles. The first-order valence-electron chi connectivity index (χ1n) is 7.65. The van der Waals surface area contributed by atoms with Gasteiger partial charge in [-0.2, -0.15) is 0 Å². The maximum Gasteiger partial charge on any atom is 0.317 e. The number of nitrogens with one attached hydrogen (secondary N) is 1. The molecule has 0 radical (unpaired) electrons. The van der Waals surface area contributed by atoms with E-state index in [-0.39, 0.29) is 24.5 Å². The van der Waals surface area contributed by atoms with Crippen LogP contribution in [0.3, 0.4) is 0 Å². The van der Waals surface area contributed by atoms with Gasteiger partial charge in [0, 0.05) is 25.2 Å². The smallest absolute Gasteiger partial charge is 0.317 e. The number of carboxylic acid groups (broad SMARTS) is 1. The van der Waals surface area contributed by atoms with Crippen molar-refractivity contribution in [2.45, 2.75) is 44.2 Å². The number of carbonyl (C=O) groups excluding carboxylic acids is 1. The number of rotatable bonds is 5. The maximum atomic E-state index is 12.4. The first-order valence-corrected chi connectivity index (χ1v) is 7.65. The fraction of sp³-hybridized carbons (Fsp3) is 0.857. The van der Waals surface area contributed by atoms with Gasteiger partial charge in [0.15, 0.2) is 0 Å². The highest BCUT2D eigenvalue weighted by Gasteiger charge is 2.38. The molecule has 4 fully saturated rings. The molecular formula is C14H23N3O3. The molecule has 4 aliphatic rings. The predicted molar refractivity (Wildman–Crippen MR) is 73.5 cm³/mol. The number of aliphatic carboxylic acids is 1. The molecule has 4 rings (SSSR count).